The topological polar surface area (TPSA) is 58.5 Å². The van der Waals surface area contributed by atoms with Crippen LogP contribution in [0.3, 0.4) is 0 Å². The molecule has 0 fully saturated rings. The zero-order valence-electron chi connectivity index (χ0n) is 13.7. The lowest BCUT2D eigenvalue weighted by molar-refractivity contribution is -0.00000535. The van der Waals surface area contributed by atoms with Gasteiger partial charge in [0.05, 0.1) is 12.3 Å². The van der Waals surface area contributed by atoms with Crippen LogP contribution in [0.2, 0.25) is 0 Å². The van der Waals surface area contributed by atoms with Crippen LogP contribution in [0.4, 0.5) is 5.13 Å². The molecule has 24 heavy (non-hydrogen) atoms. The number of benzene rings is 1. The zero-order chi connectivity index (χ0) is 15.9. The smallest absolute Gasteiger partial charge is 0.202 e. The van der Waals surface area contributed by atoms with Crippen LogP contribution in [0.5, 0.6) is 5.75 Å². The Hall–Kier alpha value is -1.60. The fourth-order valence-corrected chi connectivity index (χ4v) is 3.13. The largest absolute Gasteiger partial charge is 1.00 e. The number of thiazole rings is 1. The molecule has 0 bridgehead atoms. The van der Waals surface area contributed by atoms with E-state index in [0.717, 1.165) is 40.9 Å². The summed E-state index contributed by atoms with van der Waals surface area (Å²) < 4.78 is 5.46. The second-order valence-electron chi connectivity index (χ2n) is 5.38. The molecule has 1 aliphatic heterocycles. The number of hydrogen-bond donors (Lipinski definition) is 2. The van der Waals surface area contributed by atoms with Crippen molar-refractivity contribution in [3.8, 4) is 17.0 Å². The lowest BCUT2D eigenvalue weighted by Gasteiger charge is -2.08. The molecule has 7 heteroatoms. The number of rotatable bonds is 5. The van der Waals surface area contributed by atoms with Gasteiger partial charge in [0.25, 0.3) is 0 Å². The number of anilines is 1. The number of hydrazine groups is 1. The van der Waals surface area contributed by atoms with E-state index in [1.54, 1.807) is 11.3 Å². The number of hydrogen-bond acceptors (Lipinski definition) is 6. The maximum absolute atomic E-state index is 5.46. The van der Waals surface area contributed by atoms with Crippen LogP contribution in [0, 0.1) is 0 Å². The summed E-state index contributed by atoms with van der Waals surface area (Å²) in [5.74, 6) is 1.91. The molecule has 2 heterocycles. The Balaban J connectivity index is 0.00000208. The van der Waals surface area contributed by atoms with Gasteiger partial charge in [-0.25, -0.2) is 4.98 Å². The van der Waals surface area contributed by atoms with Gasteiger partial charge < -0.3 is 21.7 Å². The van der Waals surface area contributed by atoms with Gasteiger partial charge >= 0.3 is 0 Å². The average Bonchev–Trinajstić information content (AvgIpc) is 2.89. The van der Waals surface area contributed by atoms with Gasteiger partial charge in [-0.1, -0.05) is 6.42 Å². The van der Waals surface area contributed by atoms with Crippen LogP contribution < -0.4 is 32.6 Å². The van der Waals surface area contributed by atoms with Crippen molar-refractivity contribution in [1.29, 1.82) is 0 Å². The maximum atomic E-state index is 5.46. The Bertz CT molecular complexity index is 657. The Kier molecular flexibility index (Phi) is 7.52. The normalized spacial score (nSPS) is 14.1. The highest BCUT2D eigenvalue weighted by Crippen LogP contribution is 2.26. The molecular weight excluding hydrogens is 388 g/mol. The molecule has 0 saturated carbocycles. The molecular formula is C17H22BrN4OS-. The van der Waals surface area contributed by atoms with E-state index in [4.69, 9.17) is 4.74 Å². The first-order valence-electron chi connectivity index (χ1n) is 8.09. The summed E-state index contributed by atoms with van der Waals surface area (Å²) in [6.07, 6.45) is 4.64. The minimum absolute atomic E-state index is 0. The fourth-order valence-electron chi connectivity index (χ4n) is 2.45. The zero-order valence-corrected chi connectivity index (χ0v) is 16.1. The summed E-state index contributed by atoms with van der Waals surface area (Å²) in [5, 5.41) is 2.90. The highest BCUT2D eigenvalue weighted by atomic mass is 79.9. The minimum Gasteiger partial charge on any atom is -1.00 e. The maximum Gasteiger partial charge on any atom is 0.202 e. The summed E-state index contributed by atoms with van der Waals surface area (Å²) >= 11 is 1.58. The van der Waals surface area contributed by atoms with E-state index in [9.17, 15) is 0 Å². The molecule has 3 rings (SSSR count). The molecule has 0 unspecified atom stereocenters. The van der Waals surface area contributed by atoms with E-state index in [-0.39, 0.29) is 17.0 Å². The molecule has 0 aliphatic carbocycles. The van der Waals surface area contributed by atoms with Crippen molar-refractivity contribution < 1.29 is 21.7 Å². The molecule has 0 atom stereocenters. The SMILES string of the molecule is CCOc1ccc(-c2csc(NNC3=NCCCCC3)n2)cc1.[Br-]. The van der Waals surface area contributed by atoms with Crippen LogP contribution in [0.15, 0.2) is 34.6 Å². The lowest BCUT2D eigenvalue weighted by atomic mass is 10.2. The van der Waals surface area contributed by atoms with E-state index in [1.807, 2.05) is 31.2 Å². The molecule has 1 aliphatic rings. The molecule has 130 valence electrons. The van der Waals surface area contributed by atoms with Gasteiger partial charge in [-0.05, 0) is 44.0 Å². The van der Waals surface area contributed by atoms with E-state index >= 15 is 0 Å². The molecule has 2 aromatic rings. The van der Waals surface area contributed by atoms with Crippen molar-refractivity contribution in [3.63, 3.8) is 0 Å². The highest BCUT2D eigenvalue weighted by molar-refractivity contribution is 7.14. The van der Waals surface area contributed by atoms with E-state index < -0.39 is 0 Å². The van der Waals surface area contributed by atoms with Gasteiger partial charge in [-0.15, -0.1) is 11.3 Å². The molecule has 1 aromatic carbocycles. The molecule has 0 saturated heterocycles. The van der Waals surface area contributed by atoms with E-state index in [2.05, 4.69) is 26.2 Å². The summed E-state index contributed by atoms with van der Waals surface area (Å²) in [5.41, 5.74) is 8.41. The predicted molar refractivity (Wildman–Crippen MR) is 96.2 cm³/mol. The Labute approximate surface area is 157 Å². The minimum atomic E-state index is 0. The van der Waals surface area contributed by atoms with Crippen molar-refractivity contribution in [2.45, 2.75) is 32.6 Å². The van der Waals surface area contributed by atoms with E-state index in [0.29, 0.717) is 6.61 Å². The second kappa shape index (κ2) is 9.64. The van der Waals surface area contributed by atoms with Crippen LogP contribution in [-0.2, 0) is 0 Å². The molecule has 0 spiro atoms. The molecule has 0 amide bonds. The van der Waals surface area contributed by atoms with E-state index in [1.165, 1.54) is 19.3 Å². The van der Waals surface area contributed by atoms with Crippen molar-refractivity contribution in [3.05, 3.63) is 29.6 Å². The standard InChI is InChI=1S/C17H22N4OS.BrH/c1-2-22-14-9-7-13(8-10-14)15-12-23-17(19-15)21-20-16-6-4-3-5-11-18-16;/h7-10,12H,2-6,11H2,1H3,(H,18,20)(H,19,21);1H/p-1. The summed E-state index contributed by atoms with van der Waals surface area (Å²) in [7, 11) is 0. The third kappa shape index (κ3) is 5.21. The first-order chi connectivity index (χ1) is 11.3. The van der Waals surface area contributed by atoms with Crippen LogP contribution >= 0.6 is 11.3 Å². The summed E-state index contributed by atoms with van der Waals surface area (Å²) in [6.45, 7) is 3.58. The van der Waals surface area contributed by atoms with Gasteiger partial charge in [0, 0.05) is 23.9 Å². The first-order valence-corrected chi connectivity index (χ1v) is 8.97. The monoisotopic (exact) mass is 409 g/mol. The van der Waals surface area contributed by atoms with Gasteiger partial charge in [0.1, 0.15) is 11.6 Å². The molecule has 1 aromatic heterocycles. The second-order valence-corrected chi connectivity index (χ2v) is 6.24. The van der Waals surface area contributed by atoms with Gasteiger partial charge in [-0.3, -0.25) is 15.8 Å². The average molecular weight is 410 g/mol. The van der Waals surface area contributed by atoms with Gasteiger partial charge in [-0.2, -0.15) is 0 Å². The number of nitrogens with one attached hydrogen (secondary N) is 2. The number of nitrogens with zero attached hydrogens (tertiary/aromatic N) is 2. The third-order valence-corrected chi connectivity index (χ3v) is 4.41. The molecule has 2 N–H and O–H groups in total. The first kappa shape index (κ1) is 18.7. The summed E-state index contributed by atoms with van der Waals surface area (Å²) in [6, 6.07) is 8.02. The fraction of sp³-hybridized carbons (Fsp3) is 0.412. The van der Waals surface area contributed by atoms with Crippen molar-refractivity contribution in [1.82, 2.24) is 10.4 Å². The quantitative estimate of drug-likeness (QED) is 0.725. The predicted octanol–water partition coefficient (Wildman–Crippen LogP) is 1.10. The summed E-state index contributed by atoms with van der Waals surface area (Å²) in [4.78, 5) is 9.15. The lowest BCUT2D eigenvalue weighted by Crippen LogP contribution is -3.00. The van der Waals surface area contributed by atoms with Crippen molar-refractivity contribution in [2.24, 2.45) is 4.99 Å². The highest BCUT2D eigenvalue weighted by Gasteiger charge is 2.07. The van der Waals surface area contributed by atoms with Gasteiger partial charge in [0.2, 0.25) is 5.13 Å². The van der Waals surface area contributed by atoms with Crippen LogP contribution in [-0.4, -0.2) is 24.0 Å². The molecule has 5 nitrogen and oxygen atoms in total. The number of halogens is 1. The number of aromatic nitrogens is 1. The number of ether oxygens (including phenoxy) is 1. The Morgan fingerprint density at radius 2 is 1.96 bits per heavy atom. The molecule has 0 radical (unpaired) electrons. The number of aliphatic imine (C=N–C) groups is 1. The van der Waals surface area contributed by atoms with Crippen molar-refractivity contribution >= 4 is 22.3 Å². The van der Waals surface area contributed by atoms with Crippen molar-refractivity contribution in [2.75, 3.05) is 18.6 Å². The number of amidine groups is 1. The Morgan fingerprint density at radius 1 is 1.12 bits per heavy atom. The van der Waals surface area contributed by atoms with Gasteiger partial charge in [0.15, 0.2) is 0 Å². The Morgan fingerprint density at radius 3 is 2.75 bits per heavy atom. The van der Waals surface area contributed by atoms with Crippen LogP contribution in [0.1, 0.15) is 32.6 Å². The third-order valence-electron chi connectivity index (χ3n) is 3.65. The van der Waals surface area contributed by atoms with Crippen LogP contribution in [0.25, 0.3) is 11.3 Å².